The second kappa shape index (κ2) is 10.3. The second-order valence-corrected chi connectivity index (χ2v) is 5.48. The number of rotatable bonds is 10. The number of hydrogen-bond acceptors (Lipinski definition) is 3. The number of carbonyl (C=O) groups is 1. The molecule has 0 saturated heterocycles. The maximum Gasteiger partial charge on any atom is 0.220 e. The van der Waals surface area contributed by atoms with Crippen LogP contribution in [0.4, 0.5) is 0 Å². The van der Waals surface area contributed by atoms with E-state index < -0.39 is 0 Å². The fourth-order valence-corrected chi connectivity index (χ4v) is 1.35. The summed E-state index contributed by atoms with van der Waals surface area (Å²) in [5.41, 5.74) is 0. The van der Waals surface area contributed by atoms with E-state index >= 15 is 0 Å². The molecule has 0 atom stereocenters. The van der Waals surface area contributed by atoms with Crippen molar-refractivity contribution in [3.05, 3.63) is 0 Å². The van der Waals surface area contributed by atoms with E-state index in [4.69, 9.17) is 9.47 Å². The van der Waals surface area contributed by atoms with Crippen molar-refractivity contribution in [2.24, 2.45) is 11.8 Å². The van der Waals surface area contributed by atoms with Crippen LogP contribution in [0.5, 0.6) is 0 Å². The van der Waals surface area contributed by atoms with Crippen molar-refractivity contribution in [3.8, 4) is 0 Å². The van der Waals surface area contributed by atoms with Gasteiger partial charge in [-0.1, -0.05) is 34.6 Å². The van der Waals surface area contributed by atoms with Gasteiger partial charge < -0.3 is 14.8 Å². The lowest BCUT2D eigenvalue weighted by Crippen LogP contribution is -2.41. The summed E-state index contributed by atoms with van der Waals surface area (Å²) in [6, 6.07) is -0.0463. The van der Waals surface area contributed by atoms with Crippen molar-refractivity contribution >= 4 is 5.91 Å². The van der Waals surface area contributed by atoms with E-state index in [2.05, 4.69) is 33.0 Å². The molecule has 108 valence electrons. The predicted octanol–water partition coefficient (Wildman–Crippen LogP) is 2.23. The largest absolute Gasteiger partial charge is 0.379 e. The minimum absolute atomic E-state index is 0.0429. The van der Waals surface area contributed by atoms with Gasteiger partial charge in [-0.3, -0.25) is 4.79 Å². The molecule has 0 aliphatic heterocycles. The molecule has 0 aliphatic carbocycles. The van der Waals surface area contributed by atoms with Crippen molar-refractivity contribution in [2.45, 2.75) is 47.1 Å². The molecule has 1 amide bonds. The van der Waals surface area contributed by atoms with Crippen LogP contribution in [0.25, 0.3) is 0 Å². The van der Waals surface area contributed by atoms with Gasteiger partial charge in [0.05, 0.1) is 19.3 Å². The lowest BCUT2D eigenvalue weighted by Gasteiger charge is -2.20. The first-order valence-corrected chi connectivity index (χ1v) is 6.90. The van der Waals surface area contributed by atoms with Gasteiger partial charge in [-0.2, -0.15) is 0 Å². The Morgan fingerprint density at radius 1 is 0.944 bits per heavy atom. The summed E-state index contributed by atoms with van der Waals surface area (Å²) < 4.78 is 11.1. The van der Waals surface area contributed by atoms with Crippen molar-refractivity contribution in [3.63, 3.8) is 0 Å². The summed E-state index contributed by atoms with van der Waals surface area (Å²) in [5.74, 6) is 1.05. The van der Waals surface area contributed by atoms with E-state index in [0.717, 1.165) is 0 Å². The first-order chi connectivity index (χ1) is 8.45. The molecule has 0 aromatic carbocycles. The lowest BCUT2D eigenvalue weighted by atomic mass is 10.2. The van der Waals surface area contributed by atoms with Gasteiger partial charge in [-0.25, -0.2) is 0 Å². The molecule has 18 heavy (non-hydrogen) atoms. The van der Waals surface area contributed by atoms with Crippen LogP contribution in [0.2, 0.25) is 0 Å². The molecule has 4 nitrogen and oxygen atoms in total. The quantitative estimate of drug-likeness (QED) is 0.654. The SMILES string of the molecule is CCC(=O)NC(COCC(C)C)COCC(C)C. The van der Waals surface area contributed by atoms with E-state index in [0.29, 0.717) is 44.7 Å². The predicted molar refractivity (Wildman–Crippen MR) is 73.5 cm³/mol. The minimum atomic E-state index is -0.0463. The molecule has 0 heterocycles. The van der Waals surface area contributed by atoms with Crippen LogP contribution in [-0.2, 0) is 14.3 Å². The van der Waals surface area contributed by atoms with Crippen LogP contribution in [0.3, 0.4) is 0 Å². The van der Waals surface area contributed by atoms with Crippen molar-refractivity contribution in [2.75, 3.05) is 26.4 Å². The number of carbonyl (C=O) groups excluding carboxylic acids is 1. The molecular weight excluding hydrogens is 230 g/mol. The first kappa shape index (κ1) is 17.4. The van der Waals surface area contributed by atoms with Gasteiger partial charge in [0, 0.05) is 19.6 Å². The average Bonchev–Trinajstić information content (AvgIpc) is 2.27. The molecule has 0 unspecified atom stereocenters. The molecule has 0 saturated carbocycles. The highest BCUT2D eigenvalue weighted by Gasteiger charge is 2.12. The van der Waals surface area contributed by atoms with E-state index in [9.17, 15) is 4.79 Å². The molecule has 0 aromatic heterocycles. The maximum absolute atomic E-state index is 11.4. The van der Waals surface area contributed by atoms with Crippen LogP contribution in [-0.4, -0.2) is 38.4 Å². The summed E-state index contributed by atoms with van der Waals surface area (Å²) >= 11 is 0. The van der Waals surface area contributed by atoms with E-state index in [-0.39, 0.29) is 11.9 Å². The molecule has 0 spiro atoms. The monoisotopic (exact) mass is 259 g/mol. The molecule has 0 aliphatic rings. The summed E-state index contributed by atoms with van der Waals surface area (Å²) in [5, 5.41) is 2.93. The third kappa shape index (κ3) is 10.5. The molecule has 0 aromatic rings. The van der Waals surface area contributed by atoms with Gasteiger partial charge in [0.15, 0.2) is 0 Å². The van der Waals surface area contributed by atoms with Crippen LogP contribution >= 0.6 is 0 Å². The Bertz CT molecular complexity index is 203. The molecule has 0 bridgehead atoms. The number of nitrogens with one attached hydrogen (secondary N) is 1. The van der Waals surface area contributed by atoms with Crippen LogP contribution in [0.15, 0.2) is 0 Å². The summed E-state index contributed by atoms with van der Waals surface area (Å²) in [6.07, 6.45) is 0.491. The average molecular weight is 259 g/mol. The fraction of sp³-hybridized carbons (Fsp3) is 0.929. The molecule has 0 radical (unpaired) electrons. The van der Waals surface area contributed by atoms with Crippen molar-refractivity contribution in [1.29, 1.82) is 0 Å². The zero-order chi connectivity index (χ0) is 14.0. The highest BCUT2D eigenvalue weighted by atomic mass is 16.5. The molecular formula is C14H29NO3. The number of amides is 1. The van der Waals surface area contributed by atoms with Gasteiger partial charge in [0.2, 0.25) is 5.91 Å². The standard InChI is InChI=1S/C14H29NO3/c1-6-14(16)15-13(9-17-7-11(2)3)10-18-8-12(4)5/h11-13H,6-10H2,1-5H3,(H,15,16). The van der Waals surface area contributed by atoms with E-state index in [1.807, 2.05) is 6.92 Å². The van der Waals surface area contributed by atoms with Crippen LogP contribution in [0.1, 0.15) is 41.0 Å². The number of ether oxygens (including phenoxy) is 2. The Morgan fingerprint density at radius 3 is 1.72 bits per heavy atom. The third-order valence-corrected chi connectivity index (χ3v) is 2.23. The number of hydrogen-bond donors (Lipinski definition) is 1. The Labute approximate surface area is 111 Å². The first-order valence-electron chi connectivity index (χ1n) is 6.90. The Kier molecular flexibility index (Phi) is 9.98. The van der Waals surface area contributed by atoms with Crippen molar-refractivity contribution < 1.29 is 14.3 Å². The summed E-state index contributed by atoms with van der Waals surface area (Å²) in [7, 11) is 0. The zero-order valence-electron chi connectivity index (χ0n) is 12.5. The van der Waals surface area contributed by atoms with Gasteiger partial charge in [0.1, 0.15) is 0 Å². The van der Waals surface area contributed by atoms with Crippen molar-refractivity contribution in [1.82, 2.24) is 5.32 Å². The Balaban J connectivity index is 3.95. The second-order valence-electron chi connectivity index (χ2n) is 5.48. The maximum atomic E-state index is 11.4. The lowest BCUT2D eigenvalue weighted by molar-refractivity contribution is -0.122. The molecule has 4 heteroatoms. The van der Waals surface area contributed by atoms with Gasteiger partial charge in [0.25, 0.3) is 0 Å². The molecule has 0 rings (SSSR count). The fourth-order valence-electron chi connectivity index (χ4n) is 1.35. The minimum Gasteiger partial charge on any atom is -0.379 e. The molecule has 0 fully saturated rings. The van der Waals surface area contributed by atoms with Crippen LogP contribution in [0, 0.1) is 11.8 Å². The topological polar surface area (TPSA) is 47.6 Å². The Morgan fingerprint density at radius 2 is 1.39 bits per heavy atom. The van der Waals surface area contributed by atoms with Gasteiger partial charge >= 0.3 is 0 Å². The molecule has 1 N–H and O–H groups in total. The van der Waals surface area contributed by atoms with E-state index in [1.54, 1.807) is 0 Å². The highest BCUT2D eigenvalue weighted by molar-refractivity contribution is 5.75. The smallest absolute Gasteiger partial charge is 0.220 e. The third-order valence-electron chi connectivity index (χ3n) is 2.23. The van der Waals surface area contributed by atoms with E-state index in [1.165, 1.54) is 0 Å². The normalized spacial score (nSPS) is 11.6. The van der Waals surface area contributed by atoms with Gasteiger partial charge in [-0.05, 0) is 11.8 Å². The van der Waals surface area contributed by atoms with Gasteiger partial charge in [-0.15, -0.1) is 0 Å². The summed E-state index contributed by atoms with van der Waals surface area (Å²) in [6.45, 7) is 12.7. The Hall–Kier alpha value is -0.610. The summed E-state index contributed by atoms with van der Waals surface area (Å²) in [4.78, 5) is 11.4. The zero-order valence-corrected chi connectivity index (χ0v) is 12.5. The van der Waals surface area contributed by atoms with Crippen LogP contribution < -0.4 is 5.32 Å². The highest BCUT2D eigenvalue weighted by Crippen LogP contribution is 1.98.